The summed E-state index contributed by atoms with van der Waals surface area (Å²) >= 11 is 0. The number of aromatic nitrogens is 2. The molecule has 0 spiro atoms. The first kappa shape index (κ1) is 11.1. The Morgan fingerprint density at radius 2 is 2.12 bits per heavy atom. The van der Waals surface area contributed by atoms with Crippen LogP contribution >= 0.6 is 0 Å². The summed E-state index contributed by atoms with van der Waals surface area (Å²) in [6.45, 7) is 1.95. The highest BCUT2D eigenvalue weighted by Crippen LogP contribution is 2.44. The predicted molar refractivity (Wildman–Crippen MR) is 66.0 cm³/mol. The lowest BCUT2D eigenvalue weighted by Gasteiger charge is -2.17. The Morgan fingerprint density at radius 1 is 1.41 bits per heavy atom. The third kappa shape index (κ3) is 2.80. The zero-order valence-electron chi connectivity index (χ0n) is 10.4. The van der Waals surface area contributed by atoms with Crippen molar-refractivity contribution < 1.29 is 4.74 Å². The van der Waals surface area contributed by atoms with Crippen LogP contribution in [-0.4, -0.2) is 29.5 Å². The van der Waals surface area contributed by atoms with Crippen LogP contribution in [-0.2, 0) is 6.54 Å². The smallest absolute Gasteiger partial charge is 0.156 e. The highest BCUT2D eigenvalue weighted by atomic mass is 16.5. The molecule has 3 rings (SSSR count). The van der Waals surface area contributed by atoms with E-state index >= 15 is 0 Å². The van der Waals surface area contributed by atoms with Crippen molar-refractivity contribution in [2.75, 3.05) is 13.7 Å². The van der Waals surface area contributed by atoms with Gasteiger partial charge in [-0.1, -0.05) is 0 Å². The molecule has 2 aliphatic carbocycles. The lowest BCUT2D eigenvalue weighted by atomic mass is 10.1. The summed E-state index contributed by atoms with van der Waals surface area (Å²) in [5.41, 5.74) is 0. The van der Waals surface area contributed by atoms with Crippen LogP contribution in [0.4, 0.5) is 0 Å². The quantitative estimate of drug-likeness (QED) is 0.781. The van der Waals surface area contributed by atoms with Crippen LogP contribution in [0.25, 0.3) is 0 Å². The van der Waals surface area contributed by atoms with Gasteiger partial charge in [-0.15, -0.1) is 0 Å². The molecule has 94 valence electrons. The number of nitrogens with zero attached hydrogens (tertiary/aromatic N) is 2. The number of hydrogen-bond donors (Lipinski definition) is 1. The van der Waals surface area contributed by atoms with E-state index < -0.39 is 0 Å². The molecule has 17 heavy (non-hydrogen) atoms. The lowest BCUT2D eigenvalue weighted by Crippen LogP contribution is -2.35. The molecule has 1 aromatic heterocycles. The van der Waals surface area contributed by atoms with Gasteiger partial charge in [-0.25, -0.2) is 0 Å². The van der Waals surface area contributed by atoms with Gasteiger partial charge in [0.15, 0.2) is 5.75 Å². The molecular formula is C13H21N3O. The van der Waals surface area contributed by atoms with Crippen molar-refractivity contribution in [1.29, 1.82) is 0 Å². The first-order valence-electron chi connectivity index (χ1n) is 6.66. The molecule has 1 heterocycles. The molecule has 0 aromatic carbocycles. The average Bonchev–Trinajstić information content (AvgIpc) is 3.25. The van der Waals surface area contributed by atoms with Crippen LogP contribution in [0.1, 0.15) is 25.7 Å². The third-order valence-electron chi connectivity index (χ3n) is 3.83. The van der Waals surface area contributed by atoms with Crippen molar-refractivity contribution in [1.82, 2.24) is 15.1 Å². The summed E-state index contributed by atoms with van der Waals surface area (Å²) in [4.78, 5) is 0. The topological polar surface area (TPSA) is 39.1 Å². The first-order chi connectivity index (χ1) is 8.36. The van der Waals surface area contributed by atoms with Crippen molar-refractivity contribution in [3.05, 3.63) is 12.4 Å². The monoisotopic (exact) mass is 235 g/mol. The Hall–Kier alpha value is -1.03. The fourth-order valence-corrected chi connectivity index (χ4v) is 2.55. The molecule has 2 fully saturated rings. The minimum absolute atomic E-state index is 0.785. The van der Waals surface area contributed by atoms with Gasteiger partial charge in [0.2, 0.25) is 0 Å². The standard InChI is InChI=1S/C13H21N3O/c1-17-12-8-15-16(9-12)7-6-14-13(10-2-3-10)11-4-5-11/h8-11,13-14H,2-7H2,1H3. The number of nitrogens with one attached hydrogen (secondary N) is 1. The molecule has 0 aliphatic heterocycles. The number of rotatable bonds is 7. The molecular weight excluding hydrogens is 214 g/mol. The Labute approximate surface area is 102 Å². The van der Waals surface area contributed by atoms with Crippen molar-refractivity contribution in [2.45, 2.75) is 38.3 Å². The average molecular weight is 235 g/mol. The van der Waals surface area contributed by atoms with Crippen molar-refractivity contribution in [3.63, 3.8) is 0 Å². The zero-order valence-corrected chi connectivity index (χ0v) is 10.4. The SMILES string of the molecule is COc1cnn(CCNC(C2CC2)C2CC2)c1. The lowest BCUT2D eigenvalue weighted by molar-refractivity contribution is 0.398. The second kappa shape index (κ2) is 4.69. The van der Waals surface area contributed by atoms with Gasteiger partial charge in [-0.2, -0.15) is 5.10 Å². The van der Waals surface area contributed by atoms with Crippen molar-refractivity contribution >= 4 is 0 Å². The van der Waals surface area contributed by atoms with Crippen LogP contribution in [0, 0.1) is 11.8 Å². The van der Waals surface area contributed by atoms with Gasteiger partial charge in [-0.05, 0) is 37.5 Å². The molecule has 0 unspecified atom stereocenters. The van der Waals surface area contributed by atoms with Crippen molar-refractivity contribution in [3.8, 4) is 5.75 Å². The zero-order chi connectivity index (χ0) is 11.7. The van der Waals surface area contributed by atoms with Gasteiger partial charge >= 0.3 is 0 Å². The van der Waals surface area contributed by atoms with Crippen LogP contribution in [0.3, 0.4) is 0 Å². The van der Waals surface area contributed by atoms with E-state index in [1.165, 1.54) is 25.7 Å². The fraction of sp³-hybridized carbons (Fsp3) is 0.769. The van der Waals surface area contributed by atoms with E-state index in [9.17, 15) is 0 Å². The summed E-state index contributed by atoms with van der Waals surface area (Å²) < 4.78 is 7.06. The Balaban J connectivity index is 1.44. The van der Waals surface area contributed by atoms with Gasteiger partial charge in [0.05, 0.1) is 26.0 Å². The van der Waals surface area contributed by atoms with Gasteiger partial charge in [-0.3, -0.25) is 4.68 Å². The summed E-state index contributed by atoms with van der Waals surface area (Å²) in [7, 11) is 1.68. The first-order valence-corrected chi connectivity index (χ1v) is 6.66. The highest BCUT2D eigenvalue weighted by molar-refractivity contribution is 5.11. The van der Waals surface area contributed by atoms with Gasteiger partial charge in [0.25, 0.3) is 0 Å². The molecule has 1 N–H and O–H groups in total. The molecule has 0 saturated heterocycles. The summed E-state index contributed by atoms with van der Waals surface area (Å²) in [6, 6.07) is 0.785. The molecule has 0 bridgehead atoms. The minimum Gasteiger partial charge on any atom is -0.493 e. The third-order valence-corrected chi connectivity index (χ3v) is 3.83. The normalized spacial score (nSPS) is 19.9. The van der Waals surface area contributed by atoms with Crippen LogP contribution in [0.2, 0.25) is 0 Å². The Kier molecular flexibility index (Phi) is 3.05. The molecule has 2 aliphatic rings. The molecule has 2 saturated carbocycles. The Bertz CT molecular complexity index is 356. The molecule has 0 radical (unpaired) electrons. The van der Waals surface area contributed by atoms with E-state index in [1.54, 1.807) is 13.3 Å². The van der Waals surface area contributed by atoms with Crippen molar-refractivity contribution in [2.24, 2.45) is 11.8 Å². The van der Waals surface area contributed by atoms with E-state index in [0.29, 0.717) is 0 Å². The number of hydrogen-bond acceptors (Lipinski definition) is 3. The van der Waals surface area contributed by atoms with Gasteiger partial charge in [0.1, 0.15) is 0 Å². The molecule has 0 atom stereocenters. The fourth-order valence-electron chi connectivity index (χ4n) is 2.55. The van der Waals surface area contributed by atoms with Crippen LogP contribution in [0.5, 0.6) is 5.75 Å². The minimum atomic E-state index is 0.785. The summed E-state index contributed by atoms with van der Waals surface area (Å²) in [5.74, 6) is 2.77. The van der Waals surface area contributed by atoms with Gasteiger partial charge in [0, 0.05) is 12.6 Å². The summed E-state index contributed by atoms with van der Waals surface area (Å²) in [6.07, 6.45) is 9.45. The van der Waals surface area contributed by atoms with E-state index in [0.717, 1.165) is 36.7 Å². The van der Waals surface area contributed by atoms with E-state index in [-0.39, 0.29) is 0 Å². The predicted octanol–water partition coefficient (Wildman–Crippen LogP) is 1.67. The second-order valence-corrected chi connectivity index (χ2v) is 5.30. The van der Waals surface area contributed by atoms with E-state index in [4.69, 9.17) is 4.74 Å². The largest absolute Gasteiger partial charge is 0.493 e. The molecule has 4 heteroatoms. The van der Waals surface area contributed by atoms with Crippen LogP contribution in [0.15, 0.2) is 12.4 Å². The Morgan fingerprint density at radius 3 is 2.65 bits per heavy atom. The van der Waals surface area contributed by atoms with E-state index in [2.05, 4.69) is 10.4 Å². The molecule has 0 amide bonds. The maximum absolute atomic E-state index is 5.11. The molecule has 4 nitrogen and oxygen atoms in total. The second-order valence-electron chi connectivity index (χ2n) is 5.30. The maximum atomic E-state index is 5.11. The maximum Gasteiger partial charge on any atom is 0.156 e. The van der Waals surface area contributed by atoms with Crippen LogP contribution < -0.4 is 10.1 Å². The highest BCUT2D eigenvalue weighted by Gasteiger charge is 2.40. The summed E-state index contributed by atoms with van der Waals surface area (Å²) in [5, 5.41) is 7.97. The number of methoxy groups -OCH3 is 1. The molecule has 1 aromatic rings. The van der Waals surface area contributed by atoms with E-state index in [1.807, 2.05) is 10.9 Å². The number of ether oxygens (including phenoxy) is 1. The van der Waals surface area contributed by atoms with Gasteiger partial charge < -0.3 is 10.1 Å².